The minimum atomic E-state index is -1.10. The molecule has 0 radical (unpaired) electrons. The van der Waals surface area contributed by atoms with Gasteiger partial charge < -0.3 is 5.11 Å². The maximum atomic E-state index is 14.3. The zero-order chi connectivity index (χ0) is 14.0. The second-order valence-electron chi connectivity index (χ2n) is 5.24. The Morgan fingerprint density at radius 3 is 2.53 bits per heavy atom. The van der Waals surface area contributed by atoms with Crippen LogP contribution in [0.2, 0.25) is 5.02 Å². The van der Waals surface area contributed by atoms with Gasteiger partial charge in [-0.1, -0.05) is 43.9 Å². The molecule has 0 aliphatic heterocycles. The van der Waals surface area contributed by atoms with Crippen LogP contribution in [0, 0.1) is 5.82 Å². The largest absolute Gasteiger partial charge is 0.481 e. The van der Waals surface area contributed by atoms with E-state index in [1.54, 1.807) is 12.1 Å². The normalized spacial score (nSPS) is 18.3. The summed E-state index contributed by atoms with van der Waals surface area (Å²) < 4.78 is 14.3. The van der Waals surface area contributed by atoms with Crippen LogP contribution in [0.3, 0.4) is 0 Å². The van der Waals surface area contributed by atoms with Crippen LogP contribution in [0.5, 0.6) is 0 Å². The Labute approximate surface area is 117 Å². The third-order valence-corrected chi connectivity index (χ3v) is 4.40. The maximum Gasteiger partial charge on any atom is 0.314 e. The van der Waals surface area contributed by atoms with E-state index in [1.807, 2.05) is 6.92 Å². The lowest BCUT2D eigenvalue weighted by atomic mass is 9.69. The molecule has 0 aromatic heterocycles. The summed E-state index contributed by atoms with van der Waals surface area (Å²) in [5.41, 5.74) is 0.0496. The van der Waals surface area contributed by atoms with Crippen molar-refractivity contribution >= 4 is 17.6 Å². The van der Waals surface area contributed by atoms with E-state index in [9.17, 15) is 14.3 Å². The molecule has 0 amide bonds. The van der Waals surface area contributed by atoms with E-state index in [0.29, 0.717) is 19.3 Å². The lowest BCUT2D eigenvalue weighted by Crippen LogP contribution is -2.38. The lowest BCUT2D eigenvalue weighted by Gasteiger charge is -2.34. The highest BCUT2D eigenvalue weighted by Gasteiger charge is 2.43. The Hall–Kier alpha value is -1.09. The van der Waals surface area contributed by atoms with E-state index in [2.05, 4.69) is 0 Å². The van der Waals surface area contributed by atoms with Gasteiger partial charge in [0.25, 0.3) is 0 Å². The van der Waals surface area contributed by atoms with Gasteiger partial charge in [0.2, 0.25) is 0 Å². The quantitative estimate of drug-likeness (QED) is 0.897. The van der Waals surface area contributed by atoms with Crippen LogP contribution in [0.15, 0.2) is 12.1 Å². The number of rotatable bonds is 3. The summed E-state index contributed by atoms with van der Waals surface area (Å²) in [6.45, 7) is 1.95. The molecule has 1 aromatic carbocycles. The van der Waals surface area contributed by atoms with Gasteiger partial charge in [0.15, 0.2) is 0 Å². The summed E-state index contributed by atoms with van der Waals surface area (Å²) in [4.78, 5) is 11.7. The van der Waals surface area contributed by atoms with Crippen molar-refractivity contribution in [1.29, 1.82) is 0 Å². The predicted molar refractivity (Wildman–Crippen MR) is 73.2 cm³/mol. The smallest absolute Gasteiger partial charge is 0.314 e. The molecular formula is C15H18ClFO2. The molecule has 1 saturated carbocycles. The van der Waals surface area contributed by atoms with Gasteiger partial charge in [0.1, 0.15) is 5.82 Å². The van der Waals surface area contributed by atoms with E-state index in [0.717, 1.165) is 24.8 Å². The first-order valence-electron chi connectivity index (χ1n) is 6.73. The predicted octanol–water partition coefficient (Wildman–Crippen LogP) is 4.33. The zero-order valence-corrected chi connectivity index (χ0v) is 11.8. The second kappa shape index (κ2) is 5.49. The average molecular weight is 285 g/mol. The fourth-order valence-corrected chi connectivity index (χ4v) is 3.19. The van der Waals surface area contributed by atoms with Crippen molar-refractivity contribution in [3.05, 3.63) is 34.1 Å². The molecule has 1 N–H and O–H groups in total. The number of halogens is 2. The zero-order valence-electron chi connectivity index (χ0n) is 11.0. The first-order valence-corrected chi connectivity index (χ1v) is 7.11. The van der Waals surface area contributed by atoms with Gasteiger partial charge in [-0.15, -0.1) is 0 Å². The third-order valence-electron chi connectivity index (χ3n) is 4.13. The van der Waals surface area contributed by atoms with Crippen molar-refractivity contribution in [1.82, 2.24) is 0 Å². The molecule has 0 atom stereocenters. The summed E-state index contributed by atoms with van der Waals surface area (Å²) in [5.74, 6) is -1.50. The first-order chi connectivity index (χ1) is 9.01. The Balaban J connectivity index is 2.59. The maximum absolute atomic E-state index is 14.3. The van der Waals surface area contributed by atoms with Gasteiger partial charge in [-0.05, 0) is 30.9 Å². The molecule has 0 bridgehead atoms. The van der Waals surface area contributed by atoms with Crippen molar-refractivity contribution in [3.8, 4) is 0 Å². The topological polar surface area (TPSA) is 37.3 Å². The number of carboxylic acids is 1. The molecule has 19 heavy (non-hydrogen) atoms. The van der Waals surface area contributed by atoms with Crippen LogP contribution in [0.4, 0.5) is 4.39 Å². The Kier molecular flexibility index (Phi) is 4.14. The molecular weight excluding hydrogens is 267 g/mol. The highest BCUT2D eigenvalue weighted by molar-refractivity contribution is 6.30. The SMILES string of the molecule is CCc1cc(Cl)c(F)c(C2(C(=O)O)CCCCC2)c1. The Morgan fingerprint density at radius 2 is 2.00 bits per heavy atom. The molecule has 0 unspecified atom stereocenters. The highest BCUT2D eigenvalue weighted by Crippen LogP contribution is 2.42. The standard InChI is InChI=1S/C15H18ClFO2/c1-2-10-8-11(13(17)12(16)9-10)15(14(18)19)6-4-3-5-7-15/h8-9H,2-7H2,1H3,(H,18,19). The molecule has 1 aliphatic carbocycles. The van der Waals surface area contributed by atoms with Gasteiger partial charge in [0, 0.05) is 5.56 Å². The van der Waals surface area contributed by atoms with Crippen molar-refractivity contribution in [2.24, 2.45) is 0 Å². The summed E-state index contributed by atoms with van der Waals surface area (Å²) in [7, 11) is 0. The van der Waals surface area contributed by atoms with Crippen molar-refractivity contribution < 1.29 is 14.3 Å². The fourth-order valence-electron chi connectivity index (χ4n) is 2.95. The molecule has 2 nitrogen and oxygen atoms in total. The second-order valence-corrected chi connectivity index (χ2v) is 5.65. The summed E-state index contributed by atoms with van der Waals surface area (Å²) in [6, 6.07) is 3.26. The minimum absolute atomic E-state index is 0.0283. The molecule has 1 aromatic rings. The van der Waals surface area contributed by atoms with Crippen LogP contribution < -0.4 is 0 Å². The van der Waals surface area contributed by atoms with E-state index < -0.39 is 17.2 Å². The van der Waals surface area contributed by atoms with E-state index in [-0.39, 0.29) is 10.6 Å². The highest BCUT2D eigenvalue weighted by atomic mass is 35.5. The summed E-state index contributed by atoms with van der Waals surface area (Å²) in [5, 5.41) is 9.64. The van der Waals surface area contributed by atoms with Gasteiger partial charge in [-0.3, -0.25) is 4.79 Å². The molecule has 4 heteroatoms. The van der Waals surface area contributed by atoms with E-state index >= 15 is 0 Å². The van der Waals surface area contributed by atoms with E-state index in [1.165, 1.54) is 0 Å². The fraction of sp³-hybridized carbons (Fsp3) is 0.533. The van der Waals surface area contributed by atoms with Crippen LogP contribution in [0.25, 0.3) is 0 Å². The molecule has 104 valence electrons. The number of carbonyl (C=O) groups is 1. The summed E-state index contributed by atoms with van der Waals surface area (Å²) in [6.07, 6.45) is 4.34. The van der Waals surface area contributed by atoms with Crippen molar-refractivity contribution in [3.63, 3.8) is 0 Å². The number of hydrogen-bond donors (Lipinski definition) is 1. The molecule has 0 spiro atoms. The minimum Gasteiger partial charge on any atom is -0.481 e. The Morgan fingerprint density at radius 1 is 1.37 bits per heavy atom. The van der Waals surface area contributed by atoms with Gasteiger partial charge in [-0.2, -0.15) is 0 Å². The van der Waals surface area contributed by atoms with Crippen LogP contribution >= 0.6 is 11.6 Å². The number of aliphatic carboxylic acids is 1. The molecule has 1 aliphatic rings. The van der Waals surface area contributed by atoms with Crippen molar-refractivity contribution in [2.75, 3.05) is 0 Å². The molecule has 0 heterocycles. The number of aryl methyl sites for hydroxylation is 1. The first kappa shape index (κ1) is 14.3. The van der Waals surface area contributed by atoms with Crippen LogP contribution in [0.1, 0.15) is 50.2 Å². The molecule has 2 rings (SSSR count). The average Bonchev–Trinajstić information content (AvgIpc) is 2.42. The Bertz CT molecular complexity index is 493. The molecule has 1 fully saturated rings. The monoisotopic (exact) mass is 284 g/mol. The van der Waals surface area contributed by atoms with Gasteiger partial charge >= 0.3 is 5.97 Å². The lowest BCUT2D eigenvalue weighted by molar-refractivity contribution is -0.145. The summed E-state index contributed by atoms with van der Waals surface area (Å²) >= 11 is 5.92. The van der Waals surface area contributed by atoms with Crippen molar-refractivity contribution in [2.45, 2.75) is 50.9 Å². The van der Waals surface area contributed by atoms with Crippen LogP contribution in [-0.2, 0) is 16.6 Å². The van der Waals surface area contributed by atoms with Gasteiger partial charge in [0.05, 0.1) is 10.4 Å². The third kappa shape index (κ3) is 2.48. The van der Waals surface area contributed by atoms with Gasteiger partial charge in [-0.25, -0.2) is 4.39 Å². The number of carboxylic acid groups (broad SMARTS) is 1. The number of benzene rings is 1. The molecule has 0 saturated heterocycles. The van der Waals surface area contributed by atoms with Crippen LogP contribution in [-0.4, -0.2) is 11.1 Å². The van der Waals surface area contributed by atoms with E-state index in [4.69, 9.17) is 11.6 Å². The number of hydrogen-bond acceptors (Lipinski definition) is 1.